The quantitative estimate of drug-likeness (QED) is 0.349. The molecule has 60 valence electrons. The summed E-state index contributed by atoms with van der Waals surface area (Å²) in [6, 6.07) is 0. The third kappa shape index (κ3) is 5.75. The number of hydrogen-bond acceptors (Lipinski definition) is 3. The van der Waals surface area contributed by atoms with Gasteiger partial charge < -0.3 is 14.6 Å². The molecule has 0 aliphatic heterocycles. The second-order valence-corrected chi connectivity index (χ2v) is 1.99. The minimum absolute atomic E-state index is 0.0716. The summed E-state index contributed by atoms with van der Waals surface area (Å²) < 4.78 is 9.65. The Kier molecular flexibility index (Phi) is 6.48. The van der Waals surface area contributed by atoms with Crippen LogP contribution in [0.4, 0.5) is 0 Å². The Labute approximate surface area is 61.3 Å². The zero-order valence-corrected chi connectivity index (χ0v) is 6.46. The third-order valence-electron chi connectivity index (χ3n) is 0.971. The normalized spacial score (nSPS) is 12.1. The van der Waals surface area contributed by atoms with Crippen LogP contribution in [0.3, 0.4) is 0 Å². The summed E-state index contributed by atoms with van der Waals surface area (Å²) in [5.41, 5.74) is 1.01. The largest absolute Gasteiger partial charge is 0.392 e. The molecule has 0 aliphatic carbocycles. The molecular weight excluding hydrogens is 132 g/mol. The molecule has 0 aromatic rings. The molecule has 0 aromatic heterocycles. The van der Waals surface area contributed by atoms with E-state index in [0.29, 0.717) is 13.4 Å². The molecule has 0 saturated carbocycles. The molecule has 0 radical (unpaired) electrons. The van der Waals surface area contributed by atoms with Gasteiger partial charge in [0.15, 0.2) is 0 Å². The van der Waals surface area contributed by atoms with Gasteiger partial charge in [0.25, 0.3) is 0 Å². The molecule has 0 bridgehead atoms. The molecule has 0 aromatic carbocycles. The molecule has 0 saturated heterocycles. The van der Waals surface area contributed by atoms with Crippen molar-refractivity contribution in [2.24, 2.45) is 0 Å². The Balaban J connectivity index is 3.21. The molecule has 0 fully saturated rings. The van der Waals surface area contributed by atoms with Gasteiger partial charge >= 0.3 is 0 Å². The fourth-order valence-corrected chi connectivity index (χ4v) is 0.501. The minimum Gasteiger partial charge on any atom is -0.392 e. The first-order chi connectivity index (χ1) is 4.81. The molecule has 0 heterocycles. The highest BCUT2D eigenvalue weighted by molar-refractivity contribution is 4.97. The molecule has 3 heteroatoms. The lowest BCUT2D eigenvalue weighted by Crippen LogP contribution is -1.99. The number of aliphatic hydroxyl groups excluding tert-OH is 1. The van der Waals surface area contributed by atoms with Crippen LogP contribution in [0.25, 0.3) is 0 Å². The van der Waals surface area contributed by atoms with Gasteiger partial charge in [-0.3, -0.25) is 0 Å². The zero-order valence-electron chi connectivity index (χ0n) is 6.46. The van der Waals surface area contributed by atoms with Crippen molar-refractivity contribution in [3.63, 3.8) is 0 Å². The summed E-state index contributed by atoms with van der Waals surface area (Å²) >= 11 is 0. The molecule has 0 amide bonds. The van der Waals surface area contributed by atoms with Crippen molar-refractivity contribution in [3.8, 4) is 0 Å². The summed E-state index contributed by atoms with van der Waals surface area (Å²) in [5, 5.41) is 8.43. The van der Waals surface area contributed by atoms with Crippen LogP contribution in [0.2, 0.25) is 0 Å². The van der Waals surface area contributed by atoms with E-state index in [1.807, 2.05) is 6.92 Å². The first-order valence-electron chi connectivity index (χ1n) is 3.14. The fraction of sp³-hybridized carbons (Fsp3) is 0.714. The van der Waals surface area contributed by atoms with E-state index in [1.54, 1.807) is 13.2 Å². The van der Waals surface area contributed by atoms with E-state index in [9.17, 15) is 0 Å². The van der Waals surface area contributed by atoms with E-state index < -0.39 is 0 Å². The Hall–Kier alpha value is -0.380. The van der Waals surface area contributed by atoms with Gasteiger partial charge in [0.1, 0.15) is 6.79 Å². The molecule has 3 nitrogen and oxygen atoms in total. The van der Waals surface area contributed by atoms with E-state index in [0.717, 1.165) is 5.57 Å². The van der Waals surface area contributed by atoms with Gasteiger partial charge in [-0.2, -0.15) is 0 Å². The zero-order chi connectivity index (χ0) is 7.82. The summed E-state index contributed by atoms with van der Waals surface area (Å²) in [7, 11) is 1.57. The first-order valence-corrected chi connectivity index (χ1v) is 3.14. The standard InChI is InChI=1S/C7H14O3/c1-7(3-4-8)5-10-6-9-2/h3,8H,4-6H2,1-2H3/b7-3+. The highest BCUT2D eigenvalue weighted by atomic mass is 16.7. The van der Waals surface area contributed by atoms with Gasteiger partial charge in [-0.25, -0.2) is 0 Å². The lowest BCUT2D eigenvalue weighted by Gasteiger charge is -2.01. The molecule has 0 aliphatic rings. The van der Waals surface area contributed by atoms with E-state index in [2.05, 4.69) is 4.74 Å². The van der Waals surface area contributed by atoms with Crippen LogP contribution in [0.15, 0.2) is 11.6 Å². The molecule has 0 spiro atoms. The van der Waals surface area contributed by atoms with Gasteiger partial charge in [0.05, 0.1) is 13.2 Å². The predicted octanol–water partition coefficient (Wildman–Crippen LogP) is 0.546. The number of aliphatic hydroxyl groups is 1. The maximum atomic E-state index is 8.43. The Morgan fingerprint density at radius 3 is 2.80 bits per heavy atom. The van der Waals surface area contributed by atoms with Crippen molar-refractivity contribution in [2.75, 3.05) is 27.1 Å². The van der Waals surface area contributed by atoms with Crippen molar-refractivity contribution in [3.05, 3.63) is 11.6 Å². The van der Waals surface area contributed by atoms with Gasteiger partial charge in [0, 0.05) is 7.11 Å². The Morgan fingerprint density at radius 1 is 1.60 bits per heavy atom. The highest BCUT2D eigenvalue weighted by Crippen LogP contribution is 1.91. The number of rotatable bonds is 5. The maximum absolute atomic E-state index is 8.43. The summed E-state index contributed by atoms with van der Waals surface area (Å²) in [4.78, 5) is 0. The second-order valence-electron chi connectivity index (χ2n) is 1.99. The first kappa shape index (κ1) is 9.62. The fourth-order valence-electron chi connectivity index (χ4n) is 0.501. The number of hydrogen-bond donors (Lipinski definition) is 1. The van der Waals surface area contributed by atoms with Gasteiger partial charge in [-0.1, -0.05) is 6.08 Å². The lowest BCUT2D eigenvalue weighted by molar-refractivity contribution is -0.0212. The van der Waals surface area contributed by atoms with Gasteiger partial charge in [-0.15, -0.1) is 0 Å². The average molecular weight is 146 g/mol. The monoisotopic (exact) mass is 146 g/mol. The predicted molar refractivity (Wildman–Crippen MR) is 38.7 cm³/mol. The number of ether oxygens (including phenoxy) is 2. The second kappa shape index (κ2) is 6.74. The van der Waals surface area contributed by atoms with E-state index >= 15 is 0 Å². The Bertz CT molecular complexity index is 99.0. The molecule has 0 rings (SSSR count). The van der Waals surface area contributed by atoms with Gasteiger partial charge in [-0.05, 0) is 12.5 Å². The van der Waals surface area contributed by atoms with Crippen molar-refractivity contribution < 1.29 is 14.6 Å². The maximum Gasteiger partial charge on any atom is 0.146 e. The van der Waals surface area contributed by atoms with Crippen LogP contribution in [0, 0.1) is 0 Å². The van der Waals surface area contributed by atoms with Crippen LogP contribution in [0.1, 0.15) is 6.92 Å². The van der Waals surface area contributed by atoms with E-state index in [-0.39, 0.29) is 6.61 Å². The topological polar surface area (TPSA) is 38.7 Å². The third-order valence-corrected chi connectivity index (χ3v) is 0.971. The van der Waals surface area contributed by atoms with Crippen LogP contribution >= 0.6 is 0 Å². The van der Waals surface area contributed by atoms with E-state index in [1.165, 1.54) is 0 Å². The summed E-state index contributed by atoms with van der Waals surface area (Å²) in [5.74, 6) is 0. The average Bonchev–Trinajstić information content (AvgIpc) is 1.89. The summed E-state index contributed by atoms with van der Waals surface area (Å²) in [6.07, 6.45) is 1.70. The number of methoxy groups -OCH3 is 1. The van der Waals surface area contributed by atoms with E-state index in [4.69, 9.17) is 9.84 Å². The molecular formula is C7H14O3. The minimum atomic E-state index is 0.0716. The van der Waals surface area contributed by atoms with Crippen molar-refractivity contribution in [1.29, 1.82) is 0 Å². The van der Waals surface area contributed by atoms with Crippen LogP contribution in [-0.2, 0) is 9.47 Å². The lowest BCUT2D eigenvalue weighted by atomic mass is 10.3. The Morgan fingerprint density at radius 2 is 2.30 bits per heavy atom. The molecule has 1 N–H and O–H groups in total. The molecule has 10 heavy (non-hydrogen) atoms. The van der Waals surface area contributed by atoms with Gasteiger partial charge in [0.2, 0.25) is 0 Å². The van der Waals surface area contributed by atoms with Crippen molar-refractivity contribution >= 4 is 0 Å². The van der Waals surface area contributed by atoms with Crippen LogP contribution in [0.5, 0.6) is 0 Å². The van der Waals surface area contributed by atoms with Crippen LogP contribution in [-0.4, -0.2) is 32.2 Å². The van der Waals surface area contributed by atoms with Crippen LogP contribution < -0.4 is 0 Å². The molecule has 0 atom stereocenters. The molecule has 0 unspecified atom stereocenters. The van der Waals surface area contributed by atoms with Crippen molar-refractivity contribution in [1.82, 2.24) is 0 Å². The summed E-state index contributed by atoms with van der Waals surface area (Å²) in [6.45, 7) is 2.79. The smallest absolute Gasteiger partial charge is 0.146 e. The van der Waals surface area contributed by atoms with Crippen molar-refractivity contribution in [2.45, 2.75) is 6.92 Å². The SMILES string of the molecule is COCOC/C(C)=C/CO. The highest BCUT2D eigenvalue weighted by Gasteiger charge is 1.87.